The van der Waals surface area contributed by atoms with Gasteiger partial charge in [0.2, 0.25) is 10.0 Å². The van der Waals surface area contributed by atoms with E-state index in [4.69, 9.17) is 0 Å². The molecule has 0 bridgehead atoms. The van der Waals surface area contributed by atoms with Crippen LogP contribution in [0, 0.1) is 18.8 Å². The van der Waals surface area contributed by atoms with Crippen molar-refractivity contribution in [1.29, 1.82) is 0 Å². The second kappa shape index (κ2) is 7.20. The Labute approximate surface area is 122 Å². The zero-order valence-electron chi connectivity index (χ0n) is 12.6. The van der Waals surface area contributed by atoms with Crippen molar-refractivity contribution in [2.45, 2.75) is 45.1 Å². The van der Waals surface area contributed by atoms with Crippen LogP contribution >= 0.6 is 0 Å². The quantitative estimate of drug-likeness (QED) is 0.812. The topological polar surface area (TPSA) is 66.4 Å². The van der Waals surface area contributed by atoms with Gasteiger partial charge in [0.1, 0.15) is 0 Å². The zero-order valence-corrected chi connectivity index (χ0v) is 13.4. The molecule has 0 aromatic heterocycles. The number of benzene rings is 1. The molecule has 4 nitrogen and oxygen atoms in total. The lowest BCUT2D eigenvalue weighted by molar-refractivity contribution is 0.200. The highest BCUT2D eigenvalue weighted by Crippen LogP contribution is 2.17. The van der Waals surface area contributed by atoms with E-state index in [1.54, 1.807) is 24.3 Å². The third-order valence-electron chi connectivity index (χ3n) is 3.34. The molecule has 0 aliphatic heterocycles. The largest absolute Gasteiger partial charge is 0.396 e. The number of nitrogens with one attached hydrogen (secondary N) is 1. The van der Waals surface area contributed by atoms with Gasteiger partial charge in [0.15, 0.2) is 0 Å². The first-order valence-electron chi connectivity index (χ1n) is 6.96. The van der Waals surface area contributed by atoms with E-state index < -0.39 is 10.0 Å². The molecular weight excluding hydrogens is 274 g/mol. The molecule has 0 saturated heterocycles. The van der Waals surface area contributed by atoms with Crippen molar-refractivity contribution in [2.75, 3.05) is 6.61 Å². The summed E-state index contributed by atoms with van der Waals surface area (Å²) in [5.74, 6) is 0.243. The zero-order chi connectivity index (χ0) is 15.3. The minimum atomic E-state index is -3.54. The molecular formula is C15H25NO3S. The van der Waals surface area contributed by atoms with Gasteiger partial charge in [-0.05, 0) is 37.3 Å². The van der Waals surface area contributed by atoms with Crippen LogP contribution < -0.4 is 4.72 Å². The Morgan fingerprint density at radius 3 is 2.15 bits per heavy atom. The fraction of sp³-hybridized carbons (Fsp3) is 0.600. The van der Waals surface area contributed by atoms with E-state index in [9.17, 15) is 13.5 Å². The molecule has 0 heterocycles. The molecule has 20 heavy (non-hydrogen) atoms. The molecule has 2 atom stereocenters. The lowest BCUT2D eigenvalue weighted by atomic mass is 9.95. The molecule has 0 aliphatic rings. The summed E-state index contributed by atoms with van der Waals surface area (Å²) in [6.07, 6.45) is 0.701. The lowest BCUT2D eigenvalue weighted by Gasteiger charge is -2.25. The minimum Gasteiger partial charge on any atom is -0.396 e. The van der Waals surface area contributed by atoms with Crippen LogP contribution in [0.2, 0.25) is 0 Å². The van der Waals surface area contributed by atoms with E-state index in [-0.39, 0.29) is 23.5 Å². The van der Waals surface area contributed by atoms with Gasteiger partial charge >= 0.3 is 0 Å². The number of hydrogen-bond donors (Lipinski definition) is 2. The lowest BCUT2D eigenvalue weighted by Crippen LogP contribution is -2.41. The van der Waals surface area contributed by atoms with Gasteiger partial charge in [-0.3, -0.25) is 0 Å². The van der Waals surface area contributed by atoms with E-state index >= 15 is 0 Å². The number of sulfonamides is 1. The van der Waals surface area contributed by atoms with Crippen LogP contribution in [0.15, 0.2) is 29.2 Å². The van der Waals surface area contributed by atoms with Crippen molar-refractivity contribution >= 4 is 10.0 Å². The summed E-state index contributed by atoms with van der Waals surface area (Å²) < 4.78 is 27.4. The second-order valence-corrected chi connectivity index (χ2v) is 7.54. The first-order chi connectivity index (χ1) is 9.26. The van der Waals surface area contributed by atoms with E-state index in [0.717, 1.165) is 5.56 Å². The van der Waals surface area contributed by atoms with Crippen LogP contribution in [0.25, 0.3) is 0 Å². The summed E-state index contributed by atoms with van der Waals surface area (Å²) >= 11 is 0. The normalized spacial score (nSPS) is 15.3. The summed E-state index contributed by atoms with van der Waals surface area (Å²) in [4.78, 5) is 0.266. The Morgan fingerprint density at radius 2 is 1.70 bits per heavy atom. The molecule has 114 valence electrons. The predicted octanol–water partition coefficient (Wildman–Crippen LogP) is 2.32. The third kappa shape index (κ3) is 4.89. The van der Waals surface area contributed by atoms with Crippen LogP contribution in [0.3, 0.4) is 0 Å². The average molecular weight is 299 g/mol. The molecule has 0 amide bonds. The molecule has 1 aromatic rings. The van der Waals surface area contributed by atoms with Gasteiger partial charge < -0.3 is 5.11 Å². The molecule has 0 saturated carbocycles. The second-order valence-electron chi connectivity index (χ2n) is 5.83. The third-order valence-corrected chi connectivity index (χ3v) is 4.84. The molecule has 1 aromatic carbocycles. The number of aryl methyl sites for hydroxylation is 1. The van der Waals surface area contributed by atoms with Crippen molar-refractivity contribution in [3.63, 3.8) is 0 Å². The van der Waals surface area contributed by atoms with Crippen LogP contribution in [0.1, 0.15) is 32.8 Å². The fourth-order valence-corrected chi connectivity index (χ4v) is 3.37. The molecule has 0 fully saturated rings. The Morgan fingerprint density at radius 1 is 1.15 bits per heavy atom. The van der Waals surface area contributed by atoms with Gasteiger partial charge in [-0.2, -0.15) is 0 Å². The van der Waals surface area contributed by atoms with Crippen molar-refractivity contribution in [2.24, 2.45) is 11.8 Å². The Bertz CT molecular complexity index is 508. The highest BCUT2D eigenvalue weighted by atomic mass is 32.2. The van der Waals surface area contributed by atoms with Gasteiger partial charge in [-0.1, -0.05) is 38.5 Å². The highest BCUT2D eigenvalue weighted by molar-refractivity contribution is 7.89. The highest BCUT2D eigenvalue weighted by Gasteiger charge is 2.24. The van der Waals surface area contributed by atoms with Crippen LogP contribution in [-0.4, -0.2) is 26.2 Å². The maximum Gasteiger partial charge on any atom is 0.240 e. The number of aliphatic hydroxyl groups excluding tert-OH is 1. The van der Waals surface area contributed by atoms with Crippen molar-refractivity contribution in [1.82, 2.24) is 4.72 Å². The summed E-state index contributed by atoms with van der Waals surface area (Å²) in [5.41, 5.74) is 1.02. The van der Waals surface area contributed by atoms with Crippen LogP contribution in [0.4, 0.5) is 0 Å². The smallest absolute Gasteiger partial charge is 0.240 e. The molecule has 0 unspecified atom stereocenters. The summed E-state index contributed by atoms with van der Waals surface area (Å²) in [6.45, 7) is 7.81. The van der Waals surface area contributed by atoms with Gasteiger partial charge in [-0.15, -0.1) is 0 Å². The molecule has 5 heteroatoms. The fourth-order valence-electron chi connectivity index (χ4n) is 2.02. The number of rotatable bonds is 7. The Kier molecular flexibility index (Phi) is 6.17. The molecule has 0 radical (unpaired) electrons. The van der Waals surface area contributed by atoms with Gasteiger partial charge in [0.05, 0.1) is 4.90 Å². The number of hydrogen-bond acceptors (Lipinski definition) is 3. The average Bonchev–Trinajstić information content (AvgIpc) is 2.36. The van der Waals surface area contributed by atoms with Gasteiger partial charge in [0.25, 0.3) is 0 Å². The van der Waals surface area contributed by atoms with Gasteiger partial charge in [0, 0.05) is 12.6 Å². The maximum atomic E-state index is 12.4. The molecule has 0 aliphatic carbocycles. The monoisotopic (exact) mass is 299 g/mol. The van der Waals surface area contributed by atoms with E-state index in [0.29, 0.717) is 12.3 Å². The molecule has 0 spiro atoms. The Hall–Kier alpha value is -0.910. The van der Waals surface area contributed by atoms with Crippen LogP contribution in [-0.2, 0) is 10.0 Å². The van der Waals surface area contributed by atoms with E-state index in [2.05, 4.69) is 4.72 Å². The Balaban J connectivity index is 2.93. The standard InChI is InChI=1S/C15H25NO3S/c1-11(2)9-15(13(4)10-17)16-20(18,19)14-7-5-12(3)6-8-14/h5-8,11,13,15-17H,9-10H2,1-4H3/t13-,15+/m0/s1. The van der Waals surface area contributed by atoms with Gasteiger partial charge in [-0.25, -0.2) is 13.1 Å². The van der Waals surface area contributed by atoms with Crippen LogP contribution in [0.5, 0.6) is 0 Å². The summed E-state index contributed by atoms with van der Waals surface area (Å²) in [6, 6.07) is 6.51. The predicted molar refractivity (Wildman–Crippen MR) is 81.0 cm³/mol. The van der Waals surface area contributed by atoms with Crippen molar-refractivity contribution < 1.29 is 13.5 Å². The maximum absolute atomic E-state index is 12.4. The van der Waals surface area contributed by atoms with Crippen molar-refractivity contribution in [3.8, 4) is 0 Å². The molecule has 2 N–H and O–H groups in total. The summed E-state index contributed by atoms with van der Waals surface area (Å²) in [7, 11) is -3.54. The first-order valence-corrected chi connectivity index (χ1v) is 8.44. The molecule has 1 rings (SSSR count). The summed E-state index contributed by atoms with van der Waals surface area (Å²) in [5, 5.41) is 9.29. The SMILES string of the molecule is Cc1ccc(S(=O)(=O)N[C@H](CC(C)C)[C@@H](C)CO)cc1. The first kappa shape index (κ1) is 17.1. The number of aliphatic hydroxyl groups is 1. The van der Waals surface area contributed by atoms with E-state index in [1.165, 1.54) is 0 Å². The minimum absolute atomic E-state index is 0.0339. The van der Waals surface area contributed by atoms with E-state index in [1.807, 2.05) is 27.7 Å². The van der Waals surface area contributed by atoms with Crippen molar-refractivity contribution in [3.05, 3.63) is 29.8 Å².